The van der Waals surface area contributed by atoms with Crippen LogP contribution in [0.1, 0.15) is 37.4 Å². The van der Waals surface area contributed by atoms with E-state index >= 15 is 0 Å². The highest BCUT2D eigenvalue weighted by Crippen LogP contribution is 2.21. The van der Waals surface area contributed by atoms with Gasteiger partial charge in [0.2, 0.25) is 10.0 Å². The van der Waals surface area contributed by atoms with Crippen LogP contribution < -0.4 is 4.72 Å². The second kappa shape index (κ2) is 9.46. The predicted molar refractivity (Wildman–Crippen MR) is 118 cm³/mol. The molecule has 0 amide bonds. The maximum Gasteiger partial charge on any atom is 0.240 e. The highest BCUT2D eigenvalue weighted by Gasteiger charge is 2.27. The molecule has 0 radical (unpaired) electrons. The van der Waals surface area contributed by atoms with E-state index in [1.807, 2.05) is 12.1 Å². The summed E-state index contributed by atoms with van der Waals surface area (Å²) >= 11 is 0. The summed E-state index contributed by atoms with van der Waals surface area (Å²) in [6.07, 6.45) is 4.38. The molecule has 2 heterocycles. The molecule has 0 spiro atoms. The molecule has 1 unspecified atom stereocenters. The van der Waals surface area contributed by atoms with E-state index in [4.69, 9.17) is 4.52 Å². The number of benzene rings is 2. The van der Waals surface area contributed by atoms with Crippen LogP contribution in [0.25, 0.3) is 11.0 Å². The van der Waals surface area contributed by atoms with E-state index in [2.05, 4.69) is 21.7 Å². The second-order valence-corrected chi connectivity index (χ2v) is 9.89. The average Bonchev–Trinajstić information content (AvgIpc) is 3.35. The van der Waals surface area contributed by atoms with Crippen LogP contribution in [-0.4, -0.2) is 44.2 Å². The smallest absolute Gasteiger partial charge is 0.240 e. The fourth-order valence-electron chi connectivity index (χ4n) is 4.16. The molecule has 6 nitrogen and oxygen atoms in total. The third kappa shape index (κ3) is 5.31. The SMILES string of the molecule is CCCc1ccc(S(=O)(=O)NC2CCN(CCCc3noc4cc(F)ccc34)C2)cc1. The number of sulfonamides is 1. The van der Waals surface area contributed by atoms with Crippen LogP contribution in [-0.2, 0) is 22.9 Å². The number of aromatic nitrogens is 1. The lowest BCUT2D eigenvalue weighted by Crippen LogP contribution is -2.37. The average molecular weight is 446 g/mol. The minimum absolute atomic E-state index is 0.0869. The van der Waals surface area contributed by atoms with Crippen LogP contribution in [0.2, 0.25) is 0 Å². The van der Waals surface area contributed by atoms with Crippen LogP contribution in [0, 0.1) is 5.82 Å². The molecule has 2 aromatic carbocycles. The predicted octanol–water partition coefficient (Wildman–Crippen LogP) is 3.90. The van der Waals surface area contributed by atoms with Crippen molar-refractivity contribution in [2.45, 2.75) is 50.0 Å². The molecule has 1 saturated heterocycles. The van der Waals surface area contributed by atoms with Gasteiger partial charge in [0.1, 0.15) is 5.82 Å². The number of nitrogens with one attached hydrogen (secondary N) is 1. The first-order valence-electron chi connectivity index (χ1n) is 10.8. The zero-order chi connectivity index (χ0) is 21.8. The van der Waals surface area contributed by atoms with Gasteiger partial charge in [-0.05, 0) is 68.6 Å². The van der Waals surface area contributed by atoms with Gasteiger partial charge in [0.25, 0.3) is 0 Å². The summed E-state index contributed by atoms with van der Waals surface area (Å²) in [6, 6.07) is 11.5. The Balaban J connectivity index is 1.27. The molecule has 166 valence electrons. The largest absolute Gasteiger partial charge is 0.356 e. The maximum atomic E-state index is 13.3. The van der Waals surface area contributed by atoms with E-state index < -0.39 is 10.0 Å². The van der Waals surface area contributed by atoms with Gasteiger partial charge in [0.15, 0.2) is 5.58 Å². The van der Waals surface area contributed by atoms with Gasteiger partial charge in [0, 0.05) is 24.0 Å². The van der Waals surface area contributed by atoms with E-state index in [0.717, 1.165) is 61.8 Å². The van der Waals surface area contributed by atoms with E-state index in [1.54, 1.807) is 18.2 Å². The van der Waals surface area contributed by atoms with Gasteiger partial charge in [-0.15, -0.1) is 0 Å². The Morgan fingerprint density at radius 1 is 1.19 bits per heavy atom. The molecular formula is C23H28FN3O3S. The van der Waals surface area contributed by atoms with Crippen molar-refractivity contribution in [3.63, 3.8) is 0 Å². The third-order valence-corrected chi connectivity index (χ3v) is 7.30. The molecule has 1 N–H and O–H groups in total. The van der Waals surface area contributed by atoms with Crippen LogP contribution in [0.3, 0.4) is 0 Å². The zero-order valence-corrected chi connectivity index (χ0v) is 18.5. The Hall–Kier alpha value is -2.29. The van der Waals surface area contributed by atoms with Gasteiger partial charge in [-0.2, -0.15) is 0 Å². The summed E-state index contributed by atoms with van der Waals surface area (Å²) in [5, 5.41) is 4.91. The van der Waals surface area contributed by atoms with Crippen molar-refractivity contribution in [3.05, 3.63) is 59.5 Å². The van der Waals surface area contributed by atoms with E-state index in [0.29, 0.717) is 17.0 Å². The molecule has 8 heteroatoms. The lowest BCUT2D eigenvalue weighted by Gasteiger charge is -2.16. The number of rotatable bonds is 9. The fourth-order valence-corrected chi connectivity index (χ4v) is 5.42. The molecule has 31 heavy (non-hydrogen) atoms. The number of nitrogens with zero attached hydrogens (tertiary/aromatic N) is 2. The first-order chi connectivity index (χ1) is 14.9. The van der Waals surface area contributed by atoms with E-state index in [9.17, 15) is 12.8 Å². The summed E-state index contributed by atoms with van der Waals surface area (Å²) in [6.45, 7) is 4.50. The minimum Gasteiger partial charge on any atom is -0.356 e. The molecule has 1 aliphatic heterocycles. The van der Waals surface area contributed by atoms with Gasteiger partial charge < -0.3 is 9.42 Å². The Kier molecular flexibility index (Phi) is 6.69. The first-order valence-corrected chi connectivity index (χ1v) is 12.3. The van der Waals surface area contributed by atoms with Crippen molar-refractivity contribution in [1.82, 2.24) is 14.8 Å². The Morgan fingerprint density at radius 3 is 2.77 bits per heavy atom. The molecule has 4 rings (SSSR count). The van der Waals surface area contributed by atoms with Crippen LogP contribution in [0.15, 0.2) is 51.9 Å². The van der Waals surface area contributed by atoms with E-state index in [1.165, 1.54) is 12.1 Å². The molecule has 1 aliphatic rings. The zero-order valence-electron chi connectivity index (χ0n) is 17.7. The van der Waals surface area contributed by atoms with Crippen molar-refractivity contribution < 1.29 is 17.3 Å². The topological polar surface area (TPSA) is 75.4 Å². The van der Waals surface area contributed by atoms with Crippen molar-refractivity contribution >= 4 is 21.0 Å². The lowest BCUT2D eigenvalue weighted by molar-refractivity contribution is 0.326. The van der Waals surface area contributed by atoms with Gasteiger partial charge in [-0.1, -0.05) is 30.6 Å². The fraction of sp³-hybridized carbons (Fsp3) is 0.435. The number of fused-ring (bicyclic) bond motifs is 1. The number of halogens is 1. The quantitative estimate of drug-likeness (QED) is 0.541. The van der Waals surface area contributed by atoms with Crippen molar-refractivity contribution in [1.29, 1.82) is 0 Å². The Morgan fingerprint density at radius 2 is 2.00 bits per heavy atom. The number of likely N-dealkylation sites (tertiary alicyclic amines) is 1. The molecule has 1 atom stereocenters. The second-order valence-electron chi connectivity index (χ2n) is 8.17. The van der Waals surface area contributed by atoms with Crippen LogP contribution in [0.4, 0.5) is 4.39 Å². The summed E-state index contributed by atoms with van der Waals surface area (Å²) in [5.74, 6) is -0.335. The minimum atomic E-state index is -3.51. The number of hydrogen-bond donors (Lipinski definition) is 1. The number of hydrogen-bond acceptors (Lipinski definition) is 5. The van der Waals surface area contributed by atoms with Crippen molar-refractivity contribution in [2.24, 2.45) is 0 Å². The Labute approximate surface area is 182 Å². The van der Waals surface area contributed by atoms with Gasteiger partial charge in [-0.25, -0.2) is 17.5 Å². The highest BCUT2D eigenvalue weighted by molar-refractivity contribution is 7.89. The van der Waals surface area contributed by atoms with Crippen LogP contribution in [0.5, 0.6) is 0 Å². The lowest BCUT2D eigenvalue weighted by atomic mass is 10.1. The summed E-state index contributed by atoms with van der Waals surface area (Å²) in [4.78, 5) is 2.58. The highest BCUT2D eigenvalue weighted by atomic mass is 32.2. The van der Waals surface area contributed by atoms with E-state index in [-0.39, 0.29) is 11.9 Å². The van der Waals surface area contributed by atoms with Crippen LogP contribution >= 0.6 is 0 Å². The standard InChI is InChI=1S/C23H28FN3O3S/c1-2-4-17-6-9-20(10-7-17)31(28,29)26-19-12-14-27(16-19)13-3-5-22-21-11-8-18(24)15-23(21)30-25-22/h6-11,15,19,26H,2-5,12-14,16H2,1H3. The normalized spacial score (nSPS) is 17.5. The van der Waals surface area contributed by atoms with Gasteiger partial charge in [0.05, 0.1) is 10.6 Å². The molecule has 0 bridgehead atoms. The summed E-state index contributed by atoms with van der Waals surface area (Å²) in [7, 11) is -3.51. The Bertz CT molecular complexity index is 1130. The van der Waals surface area contributed by atoms with Gasteiger partial charge in [-0.3, -0.25) is 0 Å². The molecule has 1 aromatic heterocycles. The molecule has 1 fully saturated rings. The molecular weight excluding hydrogens is 417 g/mol. The summed E-state index contributed by atoms with van der Waals surface area (Å²) < 4.78 is 46.7. The first kappa shape index (κ1) is 21.9. The number of aryl methyl sites for hydroxylation is 2. The maximum absolute atomic E-state index is 13.3. The van der Waals surface area contributed by atoms with Crippen molar-refractivity contribution in [3.8, 4) is 0 Å². The monoisotopic (exact) mass is 445 g/mol. The van der Waals surface area contributed by atoms with Crippen molar-refractivity contribution in [2.75, 3.05) is 19.6 Å². The van der Waals surface area contributed by atoms with Gasteiger partial charge >= 0.3 is 0 Å². The molecule has 0 saturated carbocycles. The molecule has 0 aliphatic carbocycles. The third-order valence-electron chi connectivity index (χ3n) is 5.76. The summed E-state index contributed by atoms with van der Waals surface area (Å²) in [5.41, 5.74) is 2.45. The molecule has 3 aromatic rings.